The van der Waals surface area contributed by atoms with E-state index in [-0.39, 0.29) is 12.7 Å². The maximum Gasteiger partial charge on any atom is 0.226 e. The molecule has 1 aromatic heterocycles. The van der Waals surface area contributed by atoms with E-state index in [0.29, 0.717) is 31.2 Å². The van der Waals surface area contributed by atoms with E-state index in [1.54, 1.807) is 0 Å². The Morgan fingerprint density at radius 3 is 3.19 bits per heavy atom. The van der Waals surface area contributed by atoms with Gasteiger partial charge in [0, 0.05) is 26.1 Å². The van der Waals surface area contributed by atoms with Crippen LogP contribution >= 0.6 is 0 Å². The summed E-state index contributed by atoms with van der Waals surface area (Å²) in [4.78, 5) is 6.44. The average molecular weight is 227 g/mol. The first kappa shape index (κ1) is 11.5. The number of aryl methyl sites for hydroxylation is 1. The normalized spacial score (nSPS) is 22.5. The van der Waals surface area contributed by atoms with E-state index in [9.17, 15) is 0 Å². The summed E-state index contributed by atoms with van der Waals surface area (Å²) in [7, 11) is 2.04. The van der Waals surface area contributed by atoms with Crippen LogP contribution in [0.5, 0.6) is 0 Å². The van der Waals surface area contributed by atoms with E-state index < -0.39 is 0 Å². The predicted octanol–water partition coefficient (Wildman–Crippen LogP) is -0.00240. The van der Waals surface area contributed by atoms with Crippen molar-refractivity contribution in [3.63, 3.8) is 0 Å². The average Bonchev–Trinajstić information content (AvgIpc) is 2.75. The Balaban J connectivity index is 1.95. The van der Waals surface area contributed by atoms with E-state index in [4.69, 9.17) is 14.4 Å². The zero-order valence-corrected chi connectivity index (χ0v) is 9.43. The van der Waals surface area contributed by atoms with Crippen LogP contribution in [0.4, 0.5) is 0 Å². The molecule has 90 valence electrons. The lowest BCUT2D eigenvalue weighted by Gasteiger charge is -2.27. The molecule has 1 aromatic rings. The van der Waals surface area contributed by atoms with Gasteiger partial charge in [0.05, 0.1) is 6.61 Å². The fourth-order valence-electron chi connectivity index (χ4n) is 1.66. The van der Waals surface area contributed by atoms with Crippen LogP contribution in [0.25, 0.3) is 0 Å². The SMILES string of the molecule is CN1CCOC(c2noc(CCCO)n2)C1. The minimum Gasteiger partial charge on any atom is -0.396 e. The monoisotopic (exact) mass is 227 g/mol. The lowest BCUT2D eigenvalue weighted by atomic mass is 10.2. The molecule has 0 aromatic carbocycles. The Morgan fingerprint density at radius 1 is 1.56 bits per heavy atom. The molecule has 0 radical (unpaired) electrons. The van der Waals surface area contributed by atoms with Crippen LogP contribution in [-0.4, -0.2) is 53.5 Å². The molecule has 1 fully saturated rings. The molecule has 0 amide bonds. The van der Waals surface area contributed by atoms with Gasteiger partial charge in [-0.15, -0.1) is 0 Å². The number of nitrogens with zero attached hydrogens (tertiary/aromatic N) is 3. The quantitative estimate of drug-likeness (QED) is 0.780. The van der Waals surface area contributed by atoms with Crippen LogP contribution in [0.3, 0.4) is 0 Å². The second kappa shape index (κ2) is 5.38. The van der Waals surface area contributed by atoms with Crippen molar-refractivity contribution in [2.75, 3.05) is 33.4 Å². The molecule has 1 unspecified atom stereocenters. The van der Waals surface area contributed by atoms with Crippen molar-refractivity contribution in [2.24, 2.45) is 0 Å². The van der Waals surface area contributed by atoms with Crippen LogP contribution in [0.1, 0.15) is 24.2 Å². The third kappa shape index (κ3) is 2.78. The minimum atomic E-state index is -0.0922. The maximum atomic E-state index is 8.70. The third-order valence-corrected chi connectivity index (χ3v) is 2.59. The van der Waals surface area contributed by atoms with Gasteiger partial charge in [-0.1, -0.05) is 5.16 Å². The molecule has 0 saturated carbocycles. The highest BCUT2D eigenvalue weighted by Gasteiger charge is 2.24. The first-order valence-electron chi connectivity index (χ1n) is 5.53. The second-order valence-corrected chi connectivity index (χ2v) is 4.00. The molecule has 1 N–H and O–H groups in total. The summed E-state index contributed by atoms with van der Waals surface area (Å²) < 4.78 is 10.7. The van der Waals surface area contributed by atoms with Crippen molar-refractivity contribution in [1.82, 2.24) is 15.0 Å². The van der Waals surface area contributed by atoms with E-state index in [1.807, 2.05) is 7.05 Å². The minimum absolute atomic E-state index is 0.0922. The molecular formula is C10H17N3O3. The number of hydrogen-bond acceptors (Lipinski definition) is 6. The van der Waals surface area contributed by atoms with Gasteiger partial charge in [-0.2, -0.15) is 4.98 Å². The van der Waals surface area contributed by atoms with Gasteiger partial charge in [0.2, 0.25) is 11.7 Å². The number of aliphatic hydroxyl groups excluding tert-OH is 1. The van der Waals surface area contributed by atoms with Crippen LogP contribution in [0.2, 0.25) is 0 Å². The fourth-order valence-corrected chi connectivity index (χ4v) is 1.66. The van der Waals surface area contributed by atoms with Crippen LogP contribution in [0, 0.1) is 0 Å². The topological polar surface area (TPSA) is 71.6 Å². The zero-order valence-electron chi connectivity index (χ0n) is 9.43. The van der Waals surface area contributed by atoms with E-state index in [0.717, 1.165) is 13.1 Å². The number of ether oxygens (including phenoxy) is 1. The lowest BCUT2D eigenvalue weighted by molar-refractivity contribution is -0.0264. The highest BCUT2D eigenvalue weighted by molar-refractivity contribution is 4.93. The predicted molar refractivity (Wildman–Crippen MR) is 55.9 cm³/mol. The first-order valence-corrected chi connectivity index (χ1v) is 5.53. The van der Waals surface area contributed by atoms with E-state index in [2.05, 4.69) is 15.0 Å². The molecule has 2 rings (SSSR count). The summed E-state index contributed by atoms with van der Waals surface area (Å²) in [5, 5.41) is 12.6. The summed E-state index contributed by atoms with van der Waals surface area (Å²) in [6, 6.07) is 0. The van der Waals surface area contributed by atoms with Gasteiger partial charge in [-0.05, 0) is 13.5 Å². The molecule has 6 nitrogen and oxygen atoms in total. The number of aliphatic hydroxyl groups is 1. The molecule has 1 aliphatic rings. The Morgan fingerprint density at radius 2 is 2.44 bits per heavy atom. The molecule has 1 aliphatic heterocycles. The molecule has 0 spiro atoms. The van der Waals surface area contributed by atoms with Crippen molar-refractivity contribution in [3.05, 3.63) is 11.7 Å². The molecule has 0 bridgehead atoms. The summed E-state index contributed by atoms with van der Waals surface area (Å²) in [6.45, 7) is 2.56. The van der Waals surface area contributed by atoms with E-state index >= 15 is 0 Å². The summed E-state index contributed by atoms with van der Waals surface area (Å²) in [5.41, 5.74) is 0. The molecule has 6 heteroatoms. The standard InChI is InChI=1S/C10H17N3O3/c1-13-4-6-15-8(7-13)10-11-9(16-12-10)3-2-5-14/h8,14H,2-7H2,1H3. The van der Waals surface area contributed by atoms with Crippen molar-refractivity contribution in [1.29, 1.82) is 0 Å². The molecule has 1 atom stereocenters. The number of likely N-dealkylation sites (N-methyl/N-ethyl adjacent to an activating group) is 1. The molecule has 0 aliphatic carbocycles. The first-order chi connectivity index (χ1) is 7.79. The van der Waals surface area contributed by atoms with Crippen molar-refractivity contribution in [2.45, 2.75) is 18.9 Å². The molecule has 1 saturated heterocycles. The number of aromatic nitrogens is 2. The molecule has 2 heterocycles. The van der Waals surface area contributed by atoms with Gasteiger partial charge in [0.1, 0.15) is 6.10 Å². The smallest absolute Gasteiger partial charge is 0.226 e. The van der Waals surface area contributed by atoms with Gasteiger partial charge >= 0.3 is 0 Å². The Bertz CT molecular complexity index is 329. The van der Waals surface area contributed by atoms with Crippen molar-refractivity contribution < 1.29 is 14.4 Å². The Kier molecular flexibility index (Phi) is 3.87. The van der Waals surface area contributed by atoms with Crippen LogP contribution in [0.15, 0.2) is 4.52 Å². The van der Waals surface area contributed by atoms with Crippen molar-refractivity contribution in [3.8, 4) is 0 Å². The van der Waals surface area contributed by atoms with Gasteiger partial charge in [-0.3, -0.25) is 0 Å². The highest BCUT2D eigenvalue weighted by atomic mass is 16.5. The number of morpholine rings is 1. The summed E-state index contributed by atoms with van der Waals surface area (Å²) in [5.74, 6) is 1.18. The third-order valence-electron chi connectivity index (χ3n) is 2.59. The highest BCUT2D eigenvalue weighted by Crippen LogP contribution is 2.18. The molecule has 16 heavy (non-hydrogen) atoms. The second-order valence-electron chi connectivity index (χ2n) is 4.00. The lowest BCUT2D eigenvalue weighted by Crippen LogP contribution is -2.35. The van der Waals surface area contributed by atoms with Crippen molar-refractivity contribution >= 4 is 0 Å². The Hall–Kier alpha value is -0.980. The Labute approximate surface area is 94.2 Å². The zero-order chi connectivity index (χ0) is 11.4. The largest absolute Gasteiger partial charge is 0.396 e. The van der Waals surface area contributed by atoms with Gasteiger partial charge in [-0.25, -0.2) is 0 Å². The van der Waals surface area contributed by atoms with Gasteiger partial charge < -0.3 is 19.3 Å². The maximum absolute atomic E-state index is 8.70. The number of rotatable bonds is 4. The number of hydrogen-bond donors (Lipinski definition) is 1. The van der Waals surface area contributed by atoms with Gasteiger partial charge in [0.15, 0.2) is 0 Å². The summed E-state index contributed by atoms with van der Waals surface area (Å²) in [6.07, 6.45) is 1.17. The fraction of sp³-hybridized carbons (Fsp3) is 0.800. The van der Waals surface area contributed by atoms with E-state index in [1.165, 1.54) is 0 Å². The van der Waals surface area contributed by atoms with Crippen LogP contribution < -0.4 is 0 Å². The molecular weight excluding hydrogens is 210 g/mol. The summed E-state index contributed by atoms with van der Waals surface area (Å²) >= 11 is 0. The van der Waals surface area contributed by atoms with Crippen LogP contribution in [-0.2, 0) is 11.2 Å². The van der Waals surface area contributed by atoms with Gasteiger partial charge in [0.25, 0.3) is 0 Å².